The minimum absolute atomic E-state index is 0.118. The third kappa shape index (κ3) is 3.13. The van der Waals surface area contributed by atoms with Gasteiger partial charge in [0.25, 0.3) is 0 Å². The molecule has 3 rings (SSSR count). The SMILES string of the molecule is CC[C@H]1c2ccsc2CCN1C(=O)CN(C)c1ccc(C#N)cn1. The van der Waals surface area contributed by atoms with Crippen molar-refractivity contribution in [3.63, 3.8) is 0 Å². The molecule has 0 fully saturated rings. The second-order valence-electron chi connectivity index (χ2n) is 5.93. The third-order valence-electron chi connectivity index (χ3n) is 4.44. The fourth-order valence-electron chi connectivity index (χ4n) is 3.19. The molecule has 0 aliphatic carbocycles. The summed E-state index contributed by atoms with van der Waals surface area (Å²) in [6.07, 6.45) is 3.39. The third-order valence-corrected chi connectivity index (χ3v) is 5.44. The van der Waals surface area contributed by atoms with Crippen LogP contribution >= 0.6 is 11.3 Å². The van der Waals surface area contributed by atoms with Gasteiger partial charge in [-0.15, -0.1) is 11.3 Å². The Kier molecular flexibility index (Phi) is 4.81. The van der Waals surface area contributed by atoms with Crippen molar-refractivity contribution in [2.45, 2.75) is 25.8 Å². The Labute approximate surface area is 146 Å². The zero-order valence-corrected chi connectivity index (χ0v) is 14.7. The number of fused-ring (bicyclic) bond motifs is 1. The number of hydrogen-bond acceptors (Lipinski definition) is 5. The predicted molar refractivity (Wildman–Crippen MR) is 95.0 cm³/mol. The second kappa shape index (κ2) is 7.02. The van der Waals surface area contributed by atoms with Crippen LogP contribution in [0.25, 0.3) is 0 Å². The van der Waals surface area contributed by atoms with Crippen LogP contribution in [0.5, 0.6) is 0 Å². The largest absolute Gasteiger partial charge is 0.350 e. The number of nitriles is 1. The lowest BCUT2D eigenvalue weighted by Gasteiger charge is -2.36. The van der Waals surface area contributed by atoms with Gasteiger partial charge in [-0.05, 0) is 42.0 Å². The zero-order chi connectivity index (χ0) is 17.1. The number of carbonyl (C=O) groups is 1. The van der Waals surface area contributed by atoms with Crippen molar-refractivity contribution in [1.29, 1.82) is 5.26 Å². The molecule has 24 heavy (non-hydrogen) atoms. The monoisotopic (exact) mass is 340 g/mol. The van der Waals surface area contributed by atoms with Crippen LogP contribution in [-0.2, 0) is 11.2 Å². The molecule has 0 aromatic carbocycles. The first-order valence-corrected chi connectivity index (χ1v) is 8.95. The van der Waals surface area contributed by atoms with Crippen molar-refractivity contribution >= 4 is 23.1 Å². The molecule has 0 saturated carbocycles. The maximum absolute atomic E-state index is 12.8. The second-order valence-corrected chi connectivity index (χ2v) is 6.93. The predicted octanol–water partition coefficient (Wildman–Crippen LogP) is 2.99. The molecular formula is C18H20N4OS. The van der Waals surface area contributed by atoms with E-state index in [4.69, 9.17) is 5.26 Å². The highest BCUT2D eigenvalue weighted by molar-refractivity contribution is 7.10. The van der Waals surface area contributed by atoms with Crippen molar-refractivity contribution in [1.82, 2.24) is 9.88 Å². The Morgan fingerprint density at radius 2 is 2.33 bits per heavy atom. The summed E-state index contributed by atoms with van der Waals surface area (Å²) in [6.45, 7) is 3.19. The molecule has 0 unspecified atom stereocenters. The number of carbonyl (C=O) groups excluding carboxylic acids is 1. The average Bonchev–Trinajstić information content (AvgIpc) is 3.09. The number of nitrogens with zero attached hydrogens (tertiary/aromatic N) is 4. The van der Waals surface area contributed by atoms with E-state index in [0.717, 1.165) is 19.4 Å². The lowest BCUT2D eigenvalue weighted by Crippen LogP contribution is -2.44. The van der Waals surface area contributed by atoms with Crippen molar-refractivity contribution < 1.29 is 4.79 Å². The first-order chi connectivity index (χ1) is 11.6. The van der Waals surface area contributed by atoms with Gasteiger partial charge in [-0.25, -0.2) is 4.98 Å². The van der Waals surface area contributed by atoms with E-state index in [0.29, 0.717) is 11.4 Å². The van der Waals surface area contributed by atoms with Crippen LogP contribution in [0.1, 0.15) is 35.4 Å². The van der Waals surface area contributed by atoms with E-state index in [1.807, 2.05) is 16.8 Å². The van der Waals surface area contributed by atoms with Gasteiger partial charge in [-0.2, -0.15) is 5.26 Å². The maximum Gasteiger partial charge on any atom is 0.242 e. The molecule has 1 atom stereocenters. The van der Waals surface area contributed by atoms with Crippen LogP contribution in [0.4, 0.5) is 5.82 Å². The molecule has 1 aliphatic rings. The van der Waals surface area contributed by atoms with Gasteiger partial charge in [-0.3, -0.25) is 4.79 Å². The van der Waals surface area contributed by atoms with Gasteiger partial charge in [0.05, 0.1) is 18.2 Å². The van der Waals surface area contributed by atoms with Gasteiger partial charge >= 0.3 is 0 Å². The van der Waals surface area contributed by atoms with Crippen LogP contribution in [0.3, 0.4) is 0 Å². The minimum Gasteiger partial charge on any atom is -0.350 e. The summed E-state index contributed by atoms with van der Waals surface area (Å²) in [7, 11) is 1.85. The van der Waals surface area contributed by atoms with Crippen LogP contribution in [0, 0.1) is 11.3 Å². The Balaban J connectivity index is 1.71. The lowest BCUT2D eigenvalue weighted by molar-refractivity contribution is -0.132. The van der Waals surface area contributed by atoms with Gasteiger partial charge in [0.1, 0.15) is 11.9 Å². The summed E-state index contributed by atoms with van der Waals surface area (Å²) in [5.74, 6) is 0.816. The number of anilines is 1. The Hall–Kier alpha value is -2.39. The number of aromatic nitrogens is 1. The number of thiophene rings is 1. The van der Waals surface area contributed by atoms with Crippen LogP contribution in [0.15, 0.2) is 29.8 Å². The molecule has 1 aliphatic heterocycles. The first-order valence-electron chi connectivity index (χ1n) is 8.07. The zero-order valence-electron chi connectivity index (χ0n) is 13.9. The Morgan fingerprint density at radius 3 is 3.00 bits per heavy atom. The number of likely N-dealkylation sites (N-methyl/N-ethyl adjacent to an activating group) is 1. The summed E-state index contributed by atoms with van der Waals surface area (Å²) < 4.78 is 0. The van der Waals surface area contributed by atoms with Crippen molar-refractivity contribution in [3.8, 4) is 6.07 Å². The standard InChI is InChI=1S/C18H20N4OS/c1-3-15-14-7-9-24-16(14)6-8-22(15)18(23)12-21(2)17-5-4-13(10-19)11-20-17/h4-5,7,9,11,15H,3,6,8,12H2,1-2H3/t15-/m0/s1. The summed E-state index contributed by atoms with van der Waals surface area (Å²) in [5, 5.41) is 11.0. The van der Waals surface area contributed by atoms with Crippen molar-refractivity contribution in [3.05, 3.63) is 45.8 Å². The van der Waals surface area contributed by atoms with Gasteiger partial charge in [0.2, 0.25) is 5.91 Å². The molecular weight excluding hydrogens is 320 g/mol. The molecule has 0 bridgehead atoms. The van der Waals surface area contributed by atoms with E-state index in [1.54, 1.807) is 23.5 Å². The van der Waals surface area contributed by atoms with Gasteiger partial charge in [0, 0.05) is 24.7 Å². The van der Waals surface area contributed by atoms with Crippen LogP contribution in [-0.4, -0.2) is 35.9 Å². The van der Waals surface area contributed by atoms with Gasteiger partial charge in [0.15, 0.2) is 0 Å². The van der Waals surface area contributed by atoms with Crippen LogP contribution < -0.4 is 4.90 Å². The average molecular weight is 340 g/mol. The number of pyridine rings is 1. The highest BCUT2D eigenvalue weighted by atomic mass is 32.1. The number of rotatable bonds is 4. The fourth-order valence-corrected chi connectivity index (χ4v) is 4.12. The number of hydrogen-bond donors (Lipinski definition) is 0. The molecule has 1 amide bonds. The molecule has 0 saturated heterocycles. The molecule has 5 nitrogen and oxygen atoms in total. The van der Waals surface area contributed by atoms with Gasteiger partial charge < -0.3 is 9.80 Å². The molecule has 2 aromatic rings. The van der Waals surface area contributed by atoms with Crippen molar-refractivity contribution in [2.75, 3.05) is 25.0 Å². The summed E-state index contributed by atoms with van der Waals surface area (Å²) in [6, 6.07) is 7.87. The van der Waals surface area contributed by atoms with Gasteiger partial charge in [-0.1, -0.05) is 6.92 Å². The summed E-state index contributed by atoms with van der Waals surface area (Å²) in [4.78, 5) is 22.3. The normalized spacial score (nSPS) is 16.4. The summed E-state index contributed by atoms with van der Waals surface area (Å²) in [5.41, 5.74) is 1.83. The Morgan fingerprint density at radius 1 is 1.50 bits per heavy atom. The molecule has 3 heterocycles. The van der Waals surface area contributed by atoms with E-state index in [2.05, 4.69) is 29.4 Å². The first kappa shape index (κ1) is 16.5. The van der Waals surface area contributed by atoms with Crippen LogP contribution in [0.2, 0.25) is 0 Å². The van der Waals surface area contributed by atoms with E-state index in [-0.39, 0.29) is 18.5 Å². The topological polar surface area (TPSA) is 60.2 Å². The highest BCUT2D eigenvalue weighted by Crippen LogP contribution is 2.35. The summed E-state index contributed by atoms with van der Waals surface area (Å²) >= 11 is 1.79. The number of amides is 1. The quantitative estimate of drug-likeness (QED) is 0.858. The minimum atomic E-state index is 0.118. The molecule has 2 aromatic heterocycles. The highest BCUT2D eigenvalue weighted by Gasteiger charge is 2.30. The Bertz CT molecular complexity index is 762. The van der Waals surface area contributed by atoms with E-state index < -0.39 is 0 Å². The molecule has 0 radical (unpaired) electrons. The van der Waals surface area contributed by atoms with E-state index in [9.17, 15) is 4.79 Å². The molecule has 6 heteroatoms. The smallest absolute Gasteiger partial charge is 0.242 e. The molecule has 124 valence electrons. The lowest BCUT2D eigenvalue weighted by atomic mass is 9.97. The molecule has 0 spiro atoms. The van der Waals surface area contributed by atoms with E-state index >= 15 is 0 Å². The van der Waals surface area contributed by atoms with Crippen molar-refractivity contribution in [2.24, 2.45) is 0 Å². The maximum atomic E-state index is 12.8. The molecule has 0 N–H and O–H groups in total. The van der Waals surface area contributed by atoms with E-state index in [1.165, 1.54) is 16.6 Å². The fraction of sp³-hybridized carbons (Fsp3) is 0.389.